The number of benzene rings is 1. The van der Waals surface area contributed by atoms with Crippen molar-refractivity contribution in [1.82, 2.24) is 10.2 Å². The Morgan fingerprint density at radius 1 is 1.25 bits per heavy atom. The highest BCUT2D eigenvalue weighted by atomic mass is 16.3. The van der Waals surface area contributed by atoms with E-state index in [4.69, 9.17) is 0 Å². The summed E-state index contributed by atoms with van der Waals surface area (Å²) in [4.78, 5) is 2.51. The van der Waals surface area contributed by atoms with Gasteiger partial charge in [-0.1, -0.05) is 37.3 Å². The van der Waals surface area contributed by atoms with Gasteiger partial charge in [0.25, 0.3) is 0 Å². The summed E-state index contributed by atoms with van der Waals surface area (Å²) in [6, 6.07) is 9.91. The molecule has 1 aliphatic heterocycles. The fourth-order valence-corrected chi connectivity index (χ4v) is 2.93. The average molecular weight is 276 g/mol. The third kappa shape index (κ3) is 4.30. The van der Waals surface area contributed by atoms with Crippen LogP contribution in [0.25, 0.3) is 0 Å². The van der Waals surface area contributed by atoms with E-state index >= 15 is 0 Å². The lowest BCUT2D eigenvalue weighted by Crippen LogP contribution is -2.41. The van der Waals surface area contributed by atoms with E-state index in [0.29, 0.717) is 6.54 Å². The molecule has 1 saturated heterocycles. The van der Waals surface area contributed by atoms with Crippen LogP contribution < -0.4 is 5.32 Å². The molecular formula is C17H28N2O. The van der Waals surface area contributed by atoms with Gasteiger partial charge in [0.15, 0.2) is 0 Å². The summed E-state index contributed by atoms with van der Waals surface area (Å²) < 4.78 is 0. The zero-order valence-electron chi connectivity index (χ0n) is 12.8. The highest BCUT2D eigenvalue weighted by Gasteiger charge is 2.23. The maximum atomic E-state index is 10.5. The van der Waals surface area contributed by atoms with Crippen LogP contribution in [0, 0.1) is 5.92 Å². The Bertz CT molecular complexity index is 383. The minimum atomic E-state index is -0.786. The van der Waals surface area contributed by atoms with Crippen LogP contribution in [0.3, 0.4) is 0 Å². The van der Waals surface area contributed by atoms with Crippen molar-refractivity contribution in [2.45, 2.75) is 32.3 Å². The van der Waals surface area contributed by atoms with Crippen molar-refractivity contribution in [3.05, 3.63) is 35.9 Å². The molecule has 1 aromatic rings. The molecular weight excluding hydrogens is 248 g/mol. The maximum Gasteiger partial charge on any atom is 0.0992 e. The van der Waals surface area contributed by atoms with Gasteiger partial charge in [0.05, 0.1) is 5.60 Å². The average Bonchev–Trinajstić information content (AvgIpc) is 2.49. The molecule has 112 valence electrons. The molecule has 1 atom stereocenters. The highest BCUT2D eigenvalue weighted by Crippen LogP contribution is 2.20. The van der Waals surface area contributed by atoms with Crippen molar-refractivity contribution >= 4 is 0 Å². The summed E-state index contributed by atoms with van der Waals surface area (Å²) in [5.41, 5.74) is 0.194. The molecule has 2 rings (SSSR count). The molecule has 1 unspecified atom stereocenters. The zero-order chi connectivity index (χ0) is 14.4. The molecule has 1 aromatic carbocycles. The van der Waals surface area contributed by atoms with Crippen LogP contribution in [-0.2, 0) is 5.60 Å². The Morgan fingerprint density at radius 2 is 1.90 bits per heavy atom. The SMILES string of the molecule is CCN1CCC(CNCC(C)(O)c2ccccc2)CC1. The molecule has 1 heterocycles. The van der Waals surface area contributed by atoms with Gasteiger partial charge in [-0.3, -0.25) is 0 Å². The minimum Gasteiger partial charge on any atom is -0.384 e. The molecule has 0 radical (unpaired) electrons. The van der Waals surface area contributed by atoms with Gasteiger partial charge in [-0.2, -0.15) is 0 Å². The molecule has 3 nitrogen and oxygen atoms in total. The molecule has 0 amide bonds. The van der Waals surface area contributed by atoms with Gasteiger partial charge in [0.2, 0.25) is 0 Å². The number of aliphatic hydroxyl groups is 1. The first kappa shape index (κ1) is 15.5. The van der Waals surface area contributed by atoms with Crippen molar-refractivity contribution in [3.8, 4) is 0 Å². The number of rotatable bonds is 6. The monoisotopic (exact) mass is 276 g/mol. The van der Waals surface area contributed by atoms with Crippen LogP contribution in [0.4, 0.5) is 0 Å². The second-order valence-electron chi connectivity index (χ2n) is 6.15. The van der Waals surface area contributed by atoms with E-state index in [0.717, 1.165) is 18.0 Å². The molecule has 0 aromatic heterocycles. The van der Waals surface area contributed by atoms with E-state index in [-0.39, 0.29) is 0 Å². The molecule has 2 N–H and O–H groups in total. The Hall–Kier alpha value is -0.900. The van der Waals surface area contributed by atoms with Gasteiger partial charge in [0, 0.05) is 6.54 Å². The van der Waals surface area contributed by atoms with Crippen molar-refractivity contribution in [3.63, 3.8) is 0 Å². The summed E-state index contributed by atoms with van der Waals surface area (Å²) in [5.74, 6) is 0.754. The van der Waals surface area contributed by atoms with Crippen LogP contribution in [0.15, 0.2) is 30.3 Å². The summed E-state index contributed by atoms with van der Waals surface area (Å²) in [7, 11) is 0. The van der Waals surface area contributed by atoms with Crippen LogP contribution in [0.2, 0.25) is 0 Å². The smallest absolute Gasteiger partial charge is 0.0992 e. The van der Waals surface area contributed by atoms with Gasteiger partial charge in [-0.05, 0) is 57.4 Å². The second kappa shape index (κ2) is 7.21. The van der Waals surface area contributed by atoms with E-state index in [1.165, 1.54) is 32.5 Å². The first-order chi connectivity index (χ1) is 9.62. The van der Waals surface area contributed by atoms with E-state index in [9.17, 15) is 5.11 Å². The summed E-state index contributed by atoms with van der Waals surface area (Å²) in [6.07, 6.45) is 2.54. The van der Waals surface area contributed by atoms with E-state index in [1.54, 1.807) is 0 Å². The van der Waals surface area contributed by atoms with Crippen LogP contribution in [0.1, 0.15) is 32.3 Å². The van der Waals surface area contributed by atoms with Gasteiger partial charge < -0.3 is 15.3 Å². The molecule has 0 saturated carbocycles. The molecule has 20 heavy (non-hydrogen) atoms. The number of piperidine rings is 1. The fourth-order valence-electron chi connectivity index (χ4n) is 2.93. The lowest BCUT2D eigenvalue weighted by atomic mass is 9.94. The first-order valence-electron chi connectivity index (χ1n) is 7.83. The summed E-state index contributed by atoms with van der Waals surface area (Å²) in [5, 5.41) is 14.0. The third-order valence-electron chi connectivity index (χ3n) is 4.45. The van der Waals surface area contributed by atoms with Crippen molar-refractivity contribution in [1.29, 1.82) is 0 Å². The molecule has 0 spiro atoms. The predicted octanol–water partition coefficient (Wildman–Crippen LogP) is 2.22. The standard InChI is InChI=1S/C17H28N2O/c1-3-19-11-9-15(10-12-19)13-18-14-17(2,20)16-7-5-4-6-8-16/h4-8,15,18,20H,3,9-14H2,1-2H3. The predicted molar refractivity (Wildman–Crippen MR) is 83.7 cm³/mol. The molecule has 0 bridgehead atoms. The van der Waals surface area contributed by atoms with Gasteiger partial charge in [-0.15, -0.1) is 0 Å². The van der Waals surface area contributed by atoms with E-state index in [1.807, 2.05) is 37.3 Å². The van der Waals surface area contributed by atoms with Crippen molar-refractivity contribution < 1.29 is 5.11 Å². The largest absolute Gasteiger partial charge is 0.384 e. The van der Waals surface area contributed by atoms with Crippen molar-refractivity contribution in [2.75, 3.05) is 32.7 Å². The van der Waals surface area contributed by atoms with E-state index < -0.39 is 5.60 Å². The lowest BCUT2D eigenvalue weighted by molar-refractivity contribution is 0.0548. The normalized spacial score (nSPS) is 20.8. The number of hydrogen-bond donors (Lipinski definition) is 2. The number of hydrogen-bond acceptors (Lipinski definition) is 3. The van der Waals surface area contributed by atoms with Crippen LogP contribution in [0.5, 0.6) is 0 Å². The Kier molecular flexibility index (Phi) is 5.58. The minimum absolute atomic E-state index is 0.616. The van der Waals surface area contributed by atoms with Crippen molar-refractivity contribution in [2.24, 2.45) is 5.92 Å². The van der Waals surface area contributed by atoms with Gasteiger partial charge in [-0.25, -0.2) is 0 Å². The lowest BCUT2D eigenvalue weighted by Gasteiger charge is -2.32. The van der Waals surface area contributed by atoms with Crippen LogP contribution in [-0.4, -0.2) is 42.7 Å². The maximum absolute atomic E-state index is 10.5. The molecule has 1 fully saturated rings. The third-order valence-corrected chi connectivity index (χ3v) is 4.45. The Balaban J connectivity index is 1.73. The molecule has 3 heteroatoms. The summed E-state index contributed by atoms with van der Waals surface area (Å²) in [6.45, 7) is 9.36. The molecule has 1 aliphatic rings. The first-order valence-corrected chi connectivity index (χ1v) is 7.83. The van der Waals surface area contributed by atoms with E-state index in [2.05, 4.69) is 17.1 Å². The summed E-state index contributed by atoms with van der Waals surface area (Å²) >= 11 is 0. The van der Waals surface area contributed by atoms with Gasteiger partial charge in [0.1, 0.15) is 0 Å². The highest BCUT2D eigenvalue weighted by molar-refractivity contribution is 5.21. The van der Waals surface area contributed by atoms with Crippen LogP contribution >= 0.6 is 0 Å². The Labute approximate surface area is 123 Å². The Morgan fingerprint density at radius 3 is 2.50 bits per heavy atom. The number of nitrogens with one attached hydrogen (secondary N) is 1. The topological polar surface area (TPSA) is 35.5 Å². The quantitative estimate of drug-likeness (QED) is 0.836. The number of nitrogens with zero attached hydrogens (tertiary/aromatic N) is 1. The zero-order valence-corrected chi connectivity index (χ0v) is 12.8. The van der Waals surface area contributed by atoms with Gasteiger partial charge >= 0.3 is 0 Å². The second-order valence-corrected chi connectivity index (χ2v) is 6.15. The number of likely N-dealkylation sites (tertiary alicyclic amines) is 1. The molecule has 0 aliphatic carbocycles. The fraction of sp³-hybridized carbons (Fsp3) is 0.647.